The summed E-state index contributed by atoms with van der Waals surface area (Å²) in [6.45, 7) is 3.65. The molecule has 1 aromatic heterocycles. The minimum absolute atomic E-state index is 0.802. The van der Waals surface area contributed by atoms with E-state index in [4.69, 9.17) is 0 Å². The third-order valence-corrected chi connectivity index (χ3v) is 4.37. The first-order chi connectivity index (χ1) is 8.33. The second-order valence-corrected chi connectivity index (χ2v) is 5.97. The molecule has 0 amide bonds. The minimum atomic E-state index is 0.802. The molecule has 3 rings (SSSR count). The van der Waals surface area contributed by atoms with Crippen molar-refractivity contribution in [3.8, 4) is 0 Å². The van der Waals surface area contributed by atoms with E-state index in [9.17, 15) is 0 Å². The molecule has 92 valence electrons. The molecule has 0 aromatic carbocycles. The summed E-state index contributed by atoms with van der Waals surface area (Å²) in [7, 11) is 0. The highest BCUT2D eigenvalue weighted by molar-refractivity contribution is 9.10. The van der Waals surface area contributed by atoms with Crippen molar-refractivity contribution >= 4 is 21.6 Å². The molecule has 2 heterocycles. The normalized spacial score (nSPS) is 25.1. The summed E-state index contributed by atoms with van der Waals surface area (Å²) in [5.74, 6) is 0.802. The van der Waals surface area contributed by atoms with Gasteiger partial charge in [-0.2, -0.15) is 0 Å². The summed E-state index contributed by atoms with van der Waals surface area (Å²) in [5.41, 5.74) is 1.16. The minimum Gasteiger partial charge on any atom is -0.384 e. The number of anilines is 1. The van der Waals surface area contributed by atoms with Gasteiger partial charge in [-0.05, 0) is 53.7 Å². The van der Waals surface area contributed by atoms with Crippen LogP contribution in [0.4, 0.5) is 5.69 Å². The number of hydrogen-bond donors (Lipinski definition) is 1. The van der Waals surface area contributed by atoms with Crippen molar-refractivity contribution in [3.63, 3.8) is 0 Å². The van der Waals surface area contributed by atoms with Crippen molar-refractivity contribution < 1.29 is 0 Å². The fraction of sp³-hybridized carbons (Fsp3) is 0.615. The summed E-state index contributed by atoms with van der Waals surface area (Å²) in [6.07, 6.45) is 7.87. The molecule has 1 unspecified atom stereocenters. The van der Waals surface area contributed by atoms with Gasteiger partial charge in [-0.3, -0.25) is 4.98 Å². The molecule has 3 nitrogen and oxygen atoms in total. The van der Waals surface area contributed by atoms with Gasteiger partial charge in [-0.15, -0.1) is 0 Å². The maximum Gasteiger partial charge on any atom is 0.0590 e. The number of rotatable bonds is 4. The van der Waals surface area contributed by atoms with Gasteiger partial charge in [0.2, 0.25) is 0 Å². The van der Waals surface area contributed by atoms with Crippen LogP contribution < -0.4 is 5.32 Å². The van der Waals surface area contributed by atoms with Crippen LogP contribution in [0.5, 0.6) is 0 Å². The molecule has 2 fully saturated rings. The molecule has 4 heteroatoms. The molecule has 1 aliphatic heterocycles. The van der Waals surface area contributed by atoms with Gasteiger partial charge in [0.25, 0.3) is 0 Å². The van der Waals surface area contributed by atoms with Crippen LogP contribution in [-0.4, -0.2) is 35.6 Å². The number of halogens is 1. The van der Waals surface area contributed by atoms with Crippen LogP contribution in [0.3, 0.4) is 0 Å². The van der Waals surface area contributed by atoms with E-state index in [1.54, 1.807) is 0 Å². The summed E-state index contributed by atoms with van der Waals surface area (Å²) in [5, 5.41) is 3.52. The number of aromatic nitrogens is 1. The summed E-state index contributed by atoms with van der Waals surface area (Å²) in [6, 6.07) is 2.95. The first-order valence-corrected chi connectivity index (χ1v) is 7.19. The first-order valence-electron chi connectivity index (χ1n) is 6.40. The maximum absolute atomic E-state index is 4.07. The lowest BCUT2D eigenvalue weighted by Gasteiger charge is -2.16. The molecular weight excluding hydrogens is 278 g/mol. The molecule has 1 saturated heterocycles. The number of likely N-dealkylation sites (tertiary alicyclic amines) is 1. The molecule has 1 aliphatic carbocycles. The summed E-state index contributed by atoms with van der Waals surface area (Å²) < 4.78 is 1.05. The number of nitrogens with zero attached hydrogens (tertiary/aromatic N) is 2. The van der Waals surface area contributed by atoms with Crippen molar-refractivity contribution in [3.05, 3.63) is 22.9 Å². The summed E-state index contributed by atoms with van der Waals surface area (Å²) in [4.78, 5) is 6.73. The molecule has 1 N–H and O–H groups in total. The molecule has 2 aliphatic rings. The Labute approximate surface area is 111 Å². The Morgan fingerprint density at radius 2 is 2.29 bits per heavy atom. The Morgan fingerprint density at radius 3 is 3.06 bits per heavy atom. The second kappa shape index (κ2) is 4.94. The van der Waals surface area contributed by atoms with Crippen LogP contribution in [0.15, 0.2) is 22.9 Å². The highest BCUT2D eigenvalue weighted by Gasteiger charge is 2.34. The van der Waals surface area contributed by atoms with Gasteiger partial charge >= 0.3 is 0 Å². The topological polar surface area (TPSA) is 28.2 Å². The molecule has 1 saturated carbocycles. The Kier molecular flexibility index (Phi) is 3.34. The van der Waals surface area contributed by atoms with Gasteiger partial charge < -0.3 is 10.2 Å². The fourth-order valence-electron chi connectivity index (χ4n) is 2.57. The predicted octanol–water partition coefficient (Wildman–Crippen LogP) is 2.74. The van der Waals surface area contributed by atoms with Gasteiger partial charge in [-0.25, -0.2) is 0 Å². The Morgan fingerprint density at radius 1 is 1.41 bits per heavy atom. The fourth-order valence-corrected chi connectivity index (χ4v) is 2.96. The standard InChI is InChI=1S/C13H18BrN3/c14-12-8-15-5-3-13(12)16-7-10-4-6-17(9-10)11-1-2-11/h3,5,8,10-11H,1-2,4,6-7,9H2,(H,15,16). The van der Waals surface area contributed by atoms with Crippen molar-refractivity contribution in [2.24, 2.45) is 5.92 Å². The third kappa shape index (κ3) is 2.80. The van der Waals surface area contributed by atoms with Crippen molar-refractivity contribution in [2.45, 2.75) is 25.3 Å². The zero-order valence-corrected chi connectivity index (χ0v) is 11.5. The molecule has 17 heavy (non-hydrogen) atoms. The Hall–Kier alpha value is -0.610. The van der Waals surface area contributed by atoms with E-state index in [-0.39, 0.29) is 0 Å². The number of hydrogen-bond acceptors (Lipinski definition) is 3. The lowest BCUT2D eigenvalue weighted by atomic mass is 10.1. The lowest BCUT2D eigenvalue weighted by molar-refractivity contribution is 0.316. The highest BCUT2D eigenvalue weighted by atomic mass is 79.9. The van der Waals surface area contributed by atoms with Crippen LogP contribution in [0, 0.1) is 5.92 Å². The van der Waals surface area contributed by atoms with Crippen molar-refractivity contribution in [1.29, 1.82) is 0 Å². The van der Waals surface area contributed by atoms with E-state index in [0.29, 0.717) is 0 Å². The van der Waals surface area contributed by atoms with Gasteiger partial charge in [0.15, 0.2) is 0 Å². The van der Waals surface area contributed by atoms with E-state index >= 15 is 0 Å². The van der Waals surface area contributed by atoms with Gasteiger partial charge in [-0.1, -0.05) is 0 Å². The predicted molar refractivity (Wildman–Crippen MR) is 73.1 cm³/mol. The molecular formula is C13H18BrN3. The van der Waals surface area contributed by atoms with Crippen LogP contribution in [0.25, 0.3) is 0 Å². The van der Waals surface area contributed by atoms with Crippen LogP contribution in [0.1, 0.15) is 19.3 Å². The van der Waals surface area contributed by atoms with E-state index in [0.717, 1.165) is 28.7 Å². The van der Waals surface area contributed by atoms with Crippen molar-refractivity contribution in [1.82, 2.24) is 9.88 Å². The maximum atomic E-state index is 4.07. The van der Waals surface area contributed by atoms with Crippen molar-refractivity contribution in [2.75, 3.05) is 25.0 Å². The SMILES string of the molecule is Brc1cnccc1NCC1CCN(C2CC2)C1. The highest BCUT2D eigenvalue weighted by Crippen LogP contribution is 2.32. The zero-order chi connectivity index (χ0) is 11.7. The summed E-state index contributed by atoms with van der Waals surface area (Å²) >= 11 is 3.52. The third-order valence-electron chi connectivity index (χ3n) is 3.73. The molecule has 1 aromatic rings. The van der Waals surface area contributed by atoms with Crippen LogP contribution >= 0.6 is 15.9 Å². The molecule has 1 atom stereocenters. The van der Waals surface area contributed by atoms with Gasteiger partial charge in [0.05, 0.1) is 10.2 Å². The van der Waals surface area contributed by atoms with E-state index in [2.05, 4.69) is 31.1 Å². The quantitative estimate of drug-likeness (QED) is 0.926. The zero-order valence-electron chi connectivity index (χ0n) is 9.90. The largest absolute Gasteiger partial charge is 0.384 e. The van der Waals surface area contributed by atoms with Gasteiger partial charge in [0.1, 0.15) is 0 Å². The van der Waals surface area contributed by atoms with E-state index in [1.165, 1.54) is 32.4 Å². The first kappa shape index (κ1) is 11.5. The average Bonchev–Trinajstić information content (AvgIpc) is 3.08. The monoisotopic (exact) mass is 295 g/mol. The Balaban J connectivity index is 1.50. The molecule has 0 radical (unpaired) electrons. The van der Waals surface area contributed by atoms with E-state index < -0.39 is 0 Å². The molecule has 0 bridgehead atoms. The van der Waals surface area contributed by atoms with Crippen LogP contribution in [0.2, 0.25) is 0 Å². The Bertz CT molecular complexity index is 392. The molecule has 0 spiro atoms. The smallest absolute Gasteiger partial charge is 0.0590 e. The van der Waals surface area contributed by atoms with E-state index in [1.807, 2.05) is 18.5 Å². The second-order valence-electron chi connectivity index (χ2n) is 5.12. The number of pyridine rings is 1. The van der Waals surface area contributed by atoms with Gasteiger partial charge in [0, 0.05) is 31.5 Å². The van der Waals surface area contributed by atoms with Crippen LogP contribution in [-0.2, 0) is 0 Å². The number of nitrogens with one attached hydrogen (secondary N) is 1. The lowest BCUT2D eigenvalue weighted by Crippen LogP contribution is -2.24. The average molecular weight is 296 g/mol.